The van der Waals surface area contributed by atoms with Crippen molar-refractivity contribution in [2.45, 2.75) is 32.9 Å². The molecule has 0 radical (unpaired) electrons. The zero-order valence-corrected chi connectivity index (χ0v) is 12.5. The molecule has 2 N–H and O–H groups in total. The summed E-state index contributed by atoms with van der Waals surface area (Å²) in [7, 11) is 0. The van der Waals surface area contributed by atoms with Gasteiger partial charge in [0.1, 0.15) is 4.99 Å². The van der Waals surface area contributed by atoms with Gasteiger partial charge in [-0.2, -0.15) is 0 Å². The summed E-state index contributed by atoms with van der Waals surface area (Å²) in [5.74, 6) is 0. The number of nitrogens with zero attached hydrogens (tertiary/aromatic N) is 1. The van der Waals surface area contributed by atoms with Crippen LogP contribution in [0.4, 0.5) is 0 Å². The molecule has 1 aromatic rings. The average Bonchev–Trinajstić information content (AvgIpc) is 2.56. The first-order valence-corrected chi connectivity index (χ1v) is 7.20. The predicted molar refractivity (Wildman–Crippen MR) is 82.4 cm³/mol. The fraction of sp³-hybridized carbons (Fsp3) is 0.533. The molecule has 104 valence electrons. The summed E-state index contributed by atoms with van der Waals surface area (Å²) in [6.45, 7) is 8.20. The van der Waals surface area contributed by atoms with Gasteiger partial charge in [-0.15, -0.1) is 0 Å². The minimum Gasteiger partial charge on any atom is -0.389 e. The van der Waals surface area contributed by atoms with Crippen LogP contribution in [-0.2, 0) is 11.3 Å². The van der Waals surface area contributed by atoms with E-state index in [2.05, 4.69) is 30.9 Å². The summed E-state index contributed by atoms with van der Waals surface area (Å²) < 4.78 is 5.68. The van der Waals surface area contributed by atoms with Gasteiger partial charge in [0.05, 0.1) is 6.10 Å². The molecule has 3 nitrogen and oxygen atoms in total. The summed E-state index contributed by atoms with van der Waals surface area (Å²) >= 11 is 5.01. The second kappa shape index (κ2) is 6.46. The quantitative estimate of drug-likeness (QED) is 0.861. The van der Waals surface area contributed by atoms with E-state index < -0.39 is 0 Å². The second-order valence-corrected chi connectivity index (χ2v) is 5.72. The van der Waals surface area contributed by atoms with Gasteiger partial charge in [-0.1, -0.05) is 24.4 Å². The van der Waals surface area contributed by atoms with Crippen molar-refractivity contribution < 1.29 is 4.74 Å². The molecule has 1 unspecified atom stereocenters. The predicted octanol–water partition coefficient (Wildman–Crippen LogP) is 2.24. The Morgan fingerprint density at radius 3 is 3.00 bits per heavy atom. The number of aryl methyl sites for hydroxylation is 1. The summed E-state index contributed by atoms with van der Waals surface area (Å²) in [5, 5.41) is 0. The monoisotopic (exact) mass is 278 g/mol. The first-order chi connectivity index (χ1) is 9.06. The van der Waals surface area contributed by atoms with Crippen LogP contribution >= 0.6 is 12.2 Å². The van der Waals surface area contributed by atoms with Gasteiger partial charge in [-0.3, -0.25) is 4.90 Å². The highest BCUT2D eigenvalue weighted by molar-refractivity contribution is 7.80. The zero-order chi connectivity index (χ0) is 13.8. The Balaban J connectivity index is 2.07. The first-order valence-electron chi connectivity index (χ1n) is 6.79. The molecule has 0 aliphatic carbocycles. The fourth-order valence-electron chi connectivity index (χ4n) is 2.49. The first kappa shape index (κ1) is 14.4. The Morgan fingerprint density at radius 1 is 1.53 bits per heavy atom. The van der Waals surface area contributed by atoms with Crippen LogP contribution in [0.15, 0.2) is 18.2 Å². The van der Waals surface area contributed by atoms with Crippen molar-refractivity contribution in [3.63, 3.8) is 0 Å². The summed E-state index contributed by atoms with van der Waals surface area (Å²) in [6.07, 6.45) is 1.42. The minimum atomic E-state index is 0.318. The van der Waals surface area contributed by atoms with Crippen molar-refractivity contribution in [3.8, 4) is 0 Å². The van der Waals surface area contributed by atoms with Gasteiger partial charge in [-0.05, 0) is 37.5 Å². The standard InChI is InChI=1S/C15H22N2OS/c1-11-8-13(15(16)19)4-5-14(11)10-17-6-3-7-18-12(2)9-17/h4-5,8,12H,3,6-7,9-10H2,1-2H3,(H2,16,19). The van der Waals surface area contributed by atoms with Crippen LogP contribution in [-0.4, -0.2) is 35.7 Å². The molecule has 4 heteroatoms. The number of hydrogen-bond acceptors (Lipinski definition) is 3. The molecular formula is C15H22N2OS. The van der Waals surface area contributed by atoms with Gasteiger partial charge in [0, 0.05) is 31.8 Å². The van der Waals surface area contributed by atoms with Crippen molar-refractivity contribution in [3.05, 3.63) is 34.9 Å². The van der Waals surface area contributed by atoms with E-state index in [-0.39, 0.29) is 0 Å². The smallest absolute Gasteiger partial charge is 0.103 e. The van der Waals surface area contributed by atoms with Crippen molar-refractivity contribution in [2.75, 3.05) is 19.7 Å². The lowest BCUT2D eigenvalue weighted by Gasteiger charge is -2.22. The van der Waals surface area contributed by atoms with Gasteiger partial charge in [-0.25, -0.2) is 0 Å². The molecule has 1 heterocycles. The third-order valence-corrected chi connectivity index (χ3v) is 3.79. The number of nitrogens with two attached hydrogens (primary N) is 1. The molecule has 1 aliphatic rings. The molecule has 0 spiro atoms. The molecule has 0 amide bonds. The number of thiocarbonyl (C=S) groups is 1. The third-order valence-electron chi connectivity index (χ3n) is 3.56. The fourth-order valence-corrected chi connectivity index (χ4v) is 2.62. The average molecular weight is 278 g/mol. The maximum absolute atomic E-state index is 5.68. The van der Waals surface area contributed by atoms with E-state index in [1.165, 1.54) is 11.1 Å². The normalized spacial score (nSPS) is 21.1. The van der Waals surface area contributed by atoms with Crippen LogP contribution in [0, 0.1) is 6.92 Å². The molecule has 0 saturated carbocycles. The molecule has 1 aromatic carbocycles. The second-order valence-electron chi connectivity index (χ2n) is 5.28. The van der Waals surface area contributed by atoms with Gasteiger partial charge in [0.15, 0.2) is 0 Å². The number of rotatable bonds is 3. The van der Waals surface area contributed by atoms with E-state index in [0.717, 1.165) is 38.2 Å². The van der Waals surface area contributed by atoms with Crippen molar-refractivity contribution >= 4 is 17.2 Å². The molecule has 0 aromatic heterocycles. The van der Waals surface area contributed by atoms with Crippen LogP contribution in [0.3, 0.4) is 0 Å². The van der Waals surface area contributed by atoms with Crippen molar-refractivity contribution in [1.29, 1.82) is 0 Å². The maximum atomic E-state index is 5.68. The molecule has 1 saturated heterocycles. The highest BCUT2D eigenvalue weighted by atomic mass is 32.1. The van der Waals surface area contributed by atoms with Crippen LogP contribution < -0.4 is 5.73 Å². The maximum Gasteiger partial charge on any atom is 0.103 e. The van der Waals surface area contributed by atoms with Gasteiger partial charge >= 0.3 is 0 Å². The van der Waals surface area contributed by atoms with Crippen molar-refractivity contribution in [1.82, 2.24) is 4.90 Å². The van der Waals surface area contributed by atoms with Gasteiger partial charge < -0.3 is 10.5 Å². The lowest BCUT2D eigenvalue weighted by atomic mass is 10.0. The van der Waals surface area contributed by atoms with E-state index in [0.29, 0.717) is 11.1 Å². The number of hydrogen-bond donors (Lipinski definition) is 1. The van der Waals surface area contributed by atoms with Crippen molar-refractivity contribution in [2.24, 2.45) is 5.73 Å². The topological polar surface area (TPSA) is 38.5 Å². The Morgan fingerprint density at radius 2 is 2.32 bits per heavy atom. The molecule has 1 fully saturated rings. The highest BCUT2D eigenvalue weighted by Crippen LogP contribution is 2.16. The van der Waals surface area contributed by atoms with Crippen LogP contribution in [0.2, 0.25) is 0 Å². The Bertz CT molecular complexity index is 461. The largest absolute Gasteiger partial charge is 0.389 e. The van der Waals surface area contributed by atoms with E-state index >= 15 is 0 Å². The third kappa shape index (κ3) is 4.00. The molecule has 2 rings (SSSR count). The van der Waals surface area contributed by atoms with Crippen LogP contribution in [0.5, 0.6) is 0 Å². The van der Waals surface area contributed by atoms with Crippen LogP contribution in [0.1, 0.15) is 30.0 Å². The Labute approximate surface area is 120 Å². The van der Waals surface area contributed by atoms with E-state index in [9.17, 15) is 0 Å². The molecule has 19 heavy (non-hydrogen) atoms. The van der Waals surface area contributed by atoms with E-state index in [1.807, 2.05) is 6.07 Å². The lowest BCUT2D eigenvalue weighted by molar-refractivity contribution is 0.0668. The van der Waals surface area contributed by atoms with Gasteiger partial charge in [0.25, 0.3) is 0 Å². The van der Waals surface area contributed by atoms with E-state index in [1.54, 1.807) is 0 Å². The zero-order valence-electron chi connectivity index (χ0n) is 11.7. The number of ether oxygens (including phenoxy) is 1. The Kier molecular flexibility index (Phi) is 4.91. The highest BCUT2D eigenvalue weighted by Gasteiger charge is 2.15. The SMILES string of the molecule is Cc1cc(C(N)=S)ccc1CN1CCCOC(C)C1. The molecular weight excluding hydrogens is 256 g/mol. The molecule has 1 aliphatic heterocycles. The van der Waals surface area contributed by atoms with E-state index in [4.69, 9.17) is 22.7 Å². The minimum absolute atomic E-state index is 0.318. The molecule has 0 bridgehead atoms. The van der Waals surface area contributed by atoms with Crippen LogP contribution in [0.25, 0.3) is 0 Å². The summed E-state index contributed by atoms with van der Waals surface area (Å²) in [5.41, 5.74) is 9.20. The summed E-state index contributed by atoms with van der Waals surface area (Å²) in [4.78, 5) is 2.92. The molecule has 1 atom stereocenters. The summed E-state index contributed by atoms with van der Waals surface area (Å²) in [6, 6.07) is 6.23. The lowest BCUT2D eigenvalue weighted by Crippen LogP contribution is -2.30. The number of benzene rings is 1. The van der Waals surface area contributed by atoms with Gasteiger partial charge in [0.2, 0.25) is 0 Å². The Hall–Kier alpha value is -0.970.